The lowest BCUT2D eigenvalue weighted by Gasteiger charge is -2.01. The van der Waals surface area contributed by atoms with Crippen LogP contribution in [0.1, 0.15) is 32.6 Å². The van der Waals surface area contributed by atoms with Gasteiger partial charge in [-0.05, 0) is 6.42 Å². The molecule has 0 aliphatic heterocycles. The molecule has 82 valence electrons. The van der Waals surface area contributed by atoms with E-state index in [1.165, 1.54) is 18.7 Å². The summed E-state index contributed by atoms with van der Waals surface area (Å²) in [6.45, 7) is 2.04. The second kappa shape index (κ2) is 5.95. The van der Waals surface area contributed by atoms with E-state index in [1.807, 2.05) is 6.92 Å². The molecule has 0 amide bonds. The van der Waals surface area contributed by atoms with Crippen molar-refractivity contribution in [3.63, 3.8) is 0 Å². The normalized spacial score (nSPS) is 9.93. The van der Waals surface area contributed by atoms with Crippen molar-refractivity contribution in [3.05, 3.63) is 18.7 Å². The molecule has 0 aliphatic carbocycles. The van der Waals surface area contributed by atoms with E-state index in [9.17, 15) is 9.59 Å². The van der Waals surface area contributed by atoms with Gasteiger partial charge in [-0.15, -0.1) is 0 Å². The summed E-state index contributed by atoms with van der Waals surface area (Å²) in [4.78, 5) is 30.8. The summed E-state index contributed by atoms with van der Waals surface area (Å²) >= 11 is 0. The first-order chi connectivity index (χ1) is 7.24. The van der Waals surface area contributed by atoms with Gasteiger partial charge in [-0.1, -0.05) is 19.8 Å². The molecule has 0 N–H and O–H groups in total. The molecular formula is C10H14N2O3. The number of nitrogens with zero attached hydrogens (tertiary/aromatic N) is 2. The van der Waals surface area contributed by atoms with Gasteiger partial charge >= 0.3 is 5.97 Å². The van der Waals surface area contributed by atoms with Gasteiger partial charge in [0, 0.05) is 12.6 Å². The SMILES string of the molecule is CCCCCC(=O)C(=O)On1ccnc1. The Labute approximate surface area is 88.0 Å². The van der Waals surface area contributed by atoms with Crippen LogP contribution in [0.5, 0.6) is 0 Å². The second-order valence-corrected chi connectivity index (χ2v) is 3.18. The highest BCUT2D eigenvalue weighted by Gasteiger charge is 2.15. The average molecular weight is 210 g/mol. The van der Waals surface area contributed by atoms with Crippen LogP contribution < -0.4 is 4.84 Å². The predicted octanol–water partition coefficient (Wildman–Crippen LogP) is 0.988. The van der Waals surface area contributed by atoms with Crippen LogP contribution in [-0.2, 0) is 9.59 Å². The average Bonchev–Trinajstić information content (AvgIpc) is 2.70. The molecule has 0 aliphatic rings. The van der Waals surface area contributed by atoms with Crippen molar-refractivity contribution in [1.82, 2.24) is 9.71 Å². The zero-order valence-corrected chi connectivity index (χ0v) is 8.68. The van der Waals surface area contributed by atoms with Crippen molar-refractivity contribution in [3.8, 4) is 0 Å². The minimum Gasteiger partial charge on any atom is -0.327 e. The van der Waals surface area contributed by atoms with Crippen LogP contribution in [0, 0.1) is 0 Å². The van der Waals surface area contributed by atoms with E-state index in [0.717, 1.165) is 24.0 Å². The fourth-order valence-corrected chi connectivity index (χ4v) is 1.09. The third-order valence-corrected chi connectivity index (χ3v) is 1.90. The van der Waals surface area contributed by atoms with E-state index in [0.29, 0.717) is 0 Å². The lowest BCUT2D eigenvalue weighted by Crippen LogP contribution is -2.26. The van der Waals surface area contributed by atoms with Gasteiger partial charge in [0.1, 0.15) is 6.33 Å². The van der Waals surface area contributed by atoms with Crippen molar-refractivity contribution in [2.24, 2.45) is 0 Å². The van der Waals surface area contributed by atoms with Gasteiger partial charge < -0.3 is 4.84 Å². The van der Waals surface area contributed by atoms with Gasteiger partial charge in [-0.2, -0.15) is 4.73 Å². The Morgan fingerprint density at radius 1 is 1.40 bits per heavy atom. The fourth-order valence-electron chi connectivity index (χ4n) is 1.09. The van der Waals surface area contributed by atoms with Crippen LogP contribution in [-0.4, -0.2) is 21.5 Å². The van der Waals surface area contributed by atoms with Gasteiger partial charge in [0.25, 0.3) is 0 Å². The molecule has 1 heterocycles. The molecule has 0 fully saturated rings. The summed E-state index contributed by atoms with van der Waals surface area (Å²) in [7, 11) is 0. The summed E-state index contributed by atoms with van der Waals surface area (Å²) in [5.74, 6) is -1.32. The maximum absolute atomic E-state index is 11.2. The summed E-state index contributed by atoms with van der Waals surface area (Å²) in [6, 6.07) is 0. The Hall–Kier alpha value is -1.65. The Morgan fingerprint density at radius 3 is 2.80 bits per heavy atom. The highest BCUT2D eigenvalue weighted by molar-refractivity contribution is 6.33. The minimum absolute atomic E-state index is 0.251. The Morgan fingerprint density at radius 2 is 2.20 bits per heavy atom. The van der Waals surface area contributed by atoms with Crippen LogP contribution in [0.4, 0.5) is 0 Å². The number of carbonyl (C=O) groups is 2. The Balaban J connectivity index is 2.30. The molecule has 1 aromatic heterocycles. The number of ketones is 1. The fraction of sp³-hybridized carbons (Fsp3) is 0.500. The molecule has 0 aromatic carbocycles. The number of hydrogen-bond acceptors (Lipinski definition) is 4. The van der Waals surface area contributed by atoms with E-state index < -0.39 is 11.8 Å². The van der Waals surface area contributed by atoms with Crippen LogP contribution in [0.15, 0.2) is 18.7 Å². The molecule has 15 heavy (non-hydrogen) atoms. The molecule has 0 bridgehead atoms. The molecule has 0 saturated carbocycles. The third kappa shape index (κ3) is 3.93. The first-order valence-corrected chi connectivity index (χ1v) is 4.97. The Bertz CT molecular complexity index is 319. The van der Waals surface area contributed by atoms with Gasteiger partial charge in [0.05, 0.1) is 6.20 Å². The first kappa shape index (κ1) is 11.4. The second-order valence-electron chi connectivity index (χ2n) is 3.18. The molecule has 0 spiro atoms. The number of imidazole rings is 1. The number of rotatable bonds is 6. The molecule has 0 saturated heterocycles. The summed E-state index contributed by atoms with van der Waals surface area (Å²) in [6.07, 6.45) is 7.19. The van der Waals surface area contributed by atoms with Crippen LogP contribution >= 0.6 is 0 Å². The van der Waals surface area contributed by atoms with Crippen molar-refractivity contribution >= 4 is 11.8 Å². The lowest BCUT2D eigenvalue weighted by molar-refractivity contribution is -0.154. The van der Waals surface area contributed by atoms with Crippen molar-refractivity contribution in [2.45, 2.75) is 32.6 Å². The van der Waals surface area contributed by atoms with Gasteiger partial charge in [-0.3, -0.25) is 4.79 Å². The smallest absolute Gasteiger partial charge is 0.327 e. The van der Waals surface area contributed by atoms with Crippen molar-refractivity contribution in [1.29, 1.82) is 0 Å². The standard InChI is InChI=1S/C10H14N2O3/c1-2-3-4-5-9(13)10(14)15-12-7-6-11-8-12/h6-8H,2-5H2,1H3. The molecule has 5 nitrogen and oxygen atoms in total. The van der Waals surface area contributed by atoms with E-state index in [4.69, 9.17) is 4.84 Å². The zero-order valence-electron chi connectivity index (χ0n) is 8.68. The maximum Gasteiger partial charge on any atom is 0.399 e. The van der Waals surface area contributed by atoms with Gasteiger partial charge in [0.2, 0.25) is 5.78 Å². The number of carbonyl (C=O) groups excluding carboxylic acids is 2. The Kier molecular flexibility index (Phi) is 4.53. The van der Waals surface area contributed by atoms with Gasteiger partial charge in [0.15, 0.2) is 0 Å². The summed E-state index contributed by atoms with van der Waals surface area (Å²) in [5.41, 5.74) is 0. The summed E-state index contributed by atoms with van der Waals surface area (Å²) < 4.78 is 1.11. The predicted molar refractivity (Wildman–Crippen MR) is 53.0 cm³/mol. The number of Topliss-reactive ketones (excluding diaryl/α,β-unsaturated/α-hetero) is 1. The molecule has 1 rings (SSSR count). The quantitative estimate of drug-likeness (QED) is 0.519. The molecule has 1 aromatic rings. The van der Waals surface area contributed by atoms with Crippen LogP contribution in [0.25, 0.3) is 0 Å². The lowest BCUT2D eigenvalue weighted by atomic mass is 10.1. The number of aromatic nitrogens is 2. The minimum atomic E-state index is -0.830. The van der Waals surface area contributed by atoms with Gasteiger partial charge in [-0.25, -0.2) is 9.78 Å². The third-order valence-electron chi connectivity index (χ3n) is 1.90. The first-order valence-electron chi connectivity index (χ1n) is 4.97. The highest BCUT2D eigenvalue weighted by atomic mass is 16.7. The molecule has 0 unspecified atom stereocenters. The highest BCUT2D eigenvalue weighted by Crippen LogP contribution is 2.00. The largest absolute Gasteiger partial charge is 0.399 e. The monoisotopic (exact) mass is 210 g/mol. The molecule has 0 radical (unpaired) electrons. The molecule has 0 atom stereocenters. The van der Waals surface area contributed by atoms with Crippen LogP contribution in [0.3, 0.4) is 0 Å². The molecule has 5 heteroatoms. The summed E-state index contributed by atoms with van der Waals surface area (Å²) in [5, 5.41) is 0. The van der Waals surface area contributed by atoms with E-state index >= 15 is 0 Å². The van der Waals surface area contributed by atoms with E-state index in [2.05, 4.69) is 4.98 Å². The zero-order chi connectivity index (χ0) is 11.1. The number of hydrogen-bond donors (Lipinski definition) is 0. The topological polar surface area (TPSA) is 61.2 Å². The molecular weight excluding hydrogens is 196 g/mol. The van der Waals surface area contributed by atoms with Crippen molar-refractivity contribution < 1.29 is 14.4 Å². The maximum atomic E-state index is 11.2. The van der Waals surface area contributed by atoms with Crippen molar-refractivity contribution in [2.75, 3.05) is 0 Å². The van der Waals surface area contributed by atoms with Crippen LogP contribution in [0.2, 0.25) is 0 Å². The number of unbranched alkanes of at least 4 members (excludes halogenated alkanes) is 2. The van der Waals surface area contributed by atoms with E-state index in [-0.39, 0.29) is 6.42 Å². The van der Waals surface area contributed by atoms with E-state index in [1.54, 1.807) is 0 Å².